The summed E-state index contributed by atoms with van der Waals surface area (Å²) >= 11 is 0. The van der Waals surface area contributed by atoms with Crippen molar-refractivity contribution in [2.45, 2.75) is 71.6 Å². The monoisotopic (exact) mass is 1010 g/mol. The first-order valence-corrected chi connectivity index (χ1v) is 23.6. The second-order valence-electron chi connectivity index (χ2n) is 16.1. The van der Waals surface area contributed by atoms with Gasteiger partial charge in [-0.2, -0.15) is 0 Å². The summed E-state index contributed by atoms with van der Waals surface area (Å²) in [6, 6.07) is 20.2. The maximum atomic E-state index is 13.4. The Kier molecular flexibility index (Phi) is 23.9. The van der Waals surface area contributed by atoms with Crippen molar-refractivity contribution in [3.8, 4) is 34.5 Å². The molecule has 0 heterocycles. The number of carbonyl (C=O) groups excluding carboxylic acids is 8. The quantitative estimate of drug-likeness (QED) is 0.0209. The first-order chi connectivity index (χ1) is 35.2. The van der Waals surface area contributed by atoms with Crippen LogP contribution in [0.1, 0.15) is 113 Å². The van der Waals surface area contributed by atoms with E-state index in [9.17, 15) is 38.4 Å². The van der Waals surface area contributed by atoms with Crippen molar-refractivity contribution in [1.82, 2.24) is 0 Å². The van der Waals surface area contributed by atoms with Crippen LogP contribution in [-0.2, 0) is 38.1 Å². The van der Waals surface area contributed by atoms with Gasteiger partial charge in [-0.1, -0.05) is 33.4 Å². The highest BCUT2D eigenvalue weighted by Gasteiger charge is 2.34. The number of hydrogen-bond donors (Lipinski definition) is 0. The van der Waals surface area contributed by atoms with Crippen molar-refractivity contribution < 1.29 is 85.7 Å². The first-order valence-electron chi connectivity index (χ1n) is 23.6. The molecule has 5 rings (SSSR count). The third-order valence-corrected chi connectivity index (χ3v) is 10.6. The average Bonchev–Trinajstić information content (AvgIpc) is 3.41. The van der Waals surface area contributed by atoms with Crippen LogP contribution in [0.4, 0.5) is 0 Å². The molecule has 0 aromatic heterocycles. The zero-order valence-corrected chi connectivity index (χ0v) is 41.3. The lowest BCUT2D eigenvalue weighted by Crippen LogP contribution is -2.31. The molecule has 1 aliphatic carbocycles. The smallest absolute Gasteiger partial charge is 0.343 e. The molecule has 0 spiro atoms. The van der Waals surface area contributed by atoms with Crippen LogP contribution in [0.5, 0.6) is 34.5 Å². The van der Waals surface area contributed by atoms with Crippen LogP contribution in [-0.4, -0.2) is 88.4 Å². The zero-order valence-electron chi connectivity index (χ0n) is 41.3. The van der Waals surface area contributed by atoms with E-state index < -0.39 is 59.6 Å². The number of esters is 8. The second-order valence-corrected chi connectivity index (χ2v) is 16.1. The van der Waals surface area contributed by atoms with Crippen LogP contribution >= 0.6 is 0 Å². The molecule has 0 amide bonds. The van der Waals surface area contributed by atoms with E-state index in [2.05, 4.69) is 27.0 Å². The van der Waals surface area contributed by atoms with Crippen LogP contribution in [0, 0.1) is 11.8 Å². The summed E-state index contributed by atoms with van der Waals surface area (Å²) in [7, 11) is 2.29. The Labute approximate surface area is 423 Å². The van der Waals surface area contributed by atoms with Gasteiger partial charge in [0.15, 0.2) is 0 Å². The third-order valence-electron chi connectivity index (χ3n) is 10.6. The number of ether oxygens (including phenoxy) is 10. The Balaban J connectivity index is 0.00000375. The van der Waals surface area contributed by atoms with Crippen molar-refractivity contribution >= 4 is 47.8 Å². The third kappa shape index (κ3) is 18.8. The van der Waals surface area contributed by atoms with Gasteiger partial charge >= 0.3 is 47.8 Å². The van der Waals surface area contributed by atoms with Crippen molar-refractivity contribution in [3.63, 3.8) is 0 Å². The lowest BCUT2D eigenvalue weighted by Gasteiger charge is -2.26. The van der Waals surface area contributed by atoms with E-state index in [1.807, 2.05) is 0 Å². The Morgan fingerprint density at radius 1 is 0.466 bits per heavy atom. The summed E-state index contributed by atoms with van der Waals surface area (Å²) in [5.74, 6) is -5.99. The van der Waals surface area contributed by atoms with Crippen molar-refractivity contribution in [2.24, 2.45) is 11.8 Å². The van der Waals surface area contributed by atoms with Gasteiger partial charge < -0.3 is 47.4 Å². The van der Waals surface area contributed by atoms with Gasteiger partial charge in [0.2, 0.25) is 0 Å². The number of hydrogen-bond acceptors (Lipinski definition) is 18. The van der Waals surface area contributed by atoms with Crippen molar-refractivity contribution in [1.29, 1.82) is 0 Å². The number of unbranched alkanes of at least 4 members (excludes halogenated alkanes) is 2. The molecule has 0 N–H and O–H groups in total. The molecule has 1 fully saturated rings. The highest BCUT2D eigenvalue weighted by Crippen LogP contribution is 2.34. The SMILES string of the molecule is C=CC(=O)OCCCCOc1ccc(C(=O)Oc2ccc(OC(=O)C3CCC(C(=O)Oc4ccc(OC(=O)c5ccc(OCCCCOC(=O)C=C)cc5)cc4C(=O)OC)CC3)c(C(=O)OC)c2)cc1.CCC. The van der Waals surface area contributed by atoms with E-state index >= 15 is 0 Å². The molecular formula is C55H60O18. The van der Waals surface area contributed by atoms with Crippen LogP contribution < -0.4 is 28.4 Å². The minimum Gasteiger partial charge on any atom is -0.494 e. The predicted molar refractivity (Wildman–Crippen MR) is 263 cm³/mol. The first kappa shape index (κ1) is 57.3. The van der Waals surface area contributed by atoms with Gasteiger partial charge in [-0.3, -0.25) is 9.59 Å². The molecule has 4 aromatic carbocycles. The molecule has 0 bridgehead atoms. The van der Waals surface area contributed by atoms with Gasteiger partial charge in [0, 0.05) is 12.2 Å². The summed E-state index contributed by atoms with van der Waals surface area (Å²) in [4.78, 5) is 100. The lowest BCUT2D eigenvalue weighted by atomic mass is 9.82. The predicted octanol–water partition coefficient (Wildman–Crippen LogP) is 9.21. The molecule has 1 saturated carbocycles. The topological polar surface area (TPSA) is 229 Å². The van der Waals surface area contributed by atoms with Gasteiger partial charge in [-0.15, -0.1) is 0 Å². The Hall–Kier alpha value is -8.28. The van der Waals surface area contributed by atoms with Crippen molar-refractivity contribution in [3.05, 3.63) is 132 Å². The molecular weight excluding hydrogens is 949 g/mol. The van der Waals surface area contributed by atoms with Gasteiger partial charge in [-0.25, -0.2) is 28.8 Å². The van der Waals surface area contributed by atoms with Gasteiger partial charge in [0.05, 0.1) is 63.6 Å². The highest BCUT2D eigenvalue weighted by atomic mass is 16.6. The van der Waals surface area contributed by atoms with Gasteiger partial charge in [0.25, 0.3) is 0 Å². The minimum absolute atomic E-state index is 0.0165. The Morgan fingerprint density at radius 2 is 0.795 bits per heavy atom. The van der Waals surface area contributed by atoms with E-state index in [4.69, 9.17) is 47.4 Å². The van der Waals surface area contributed by atoms with E-state index in [1.165, 1.54) is 67.1 Å². The van der Waals surface area contributed by atoms with E-state index in [1.54, 1.807) is 24.3 Å². The lowest BCUT2D eigenvalue weighted by molar-refractivity contribution is -0.145. The summed E-state index contributed by atoms with van der Waals surface area (Å²) in [6.45, 7) is 12.1. The van der Waals surface area contributed by atoms with Crippen LogP contribution in [0.15, 0.2) is 110 Å². The second kappa shape index (κ2) is 30.5. The molecule has 18 heteroatoms. The number of methoxy groups -OCH3 is 2. The number of rotatable bonds is 24. The largest absolute Gasteiger partial charge is 0.494 e. The maximum absolute atomic E-state index is 13.4. The van der Waals surface area contributed by atoms with Crippen LogP contribution in [0.25, 0.3) is 0 Å². The fourth-order valence-corrected chi connectivity index (χ4v) is 6.77. The number of benzene rings is 4. The molecule has 4 aromatic rings. The Bertz CT molecular complexity index is 2360. The summed E-state index contributed by atoms with van der Waals surface area (Å²) in [5.41, 5.74) is 0.0565. The van der Waals surface area contributed by atoms with Crippen LogP contribution in [0.2, 0.25) is 0 Å². The van der Waals surface area contributed by atoms with E-state index in [-0.39, 0.29) is 84.1 Å². The fourth-order valence-electron chi connectivity index (χ4n) is 6.77. The zero-order chi connectivity index (χ0) is 53.1. The average molecular weight is 1010 g/mol. The standard InChI is InChI=1S/C52H52O18.C3H8/c1-5-45(53)65-29-9-7-27-63-37-19-15-35(16-20-37)47(55)67-39-23-25-43(41(31-39)51(59)61-3)69-49(57)33-11-13-34(14-12-33)50(58)70-44-26-24-40(32-42(44)52(60)62-4)68-48(56)36-17-21-38(22-18-36)64-28-8-10-30-66-46(54)6-2;1-3-2/h5-6,15-26,31-34H,1-2,7-14,27-30H2,3-4H3;3H2,1-2H3. The molecule has 388 valence electrons. The minimum atomic E-state index is -0.849. The number of carbonyl (C=O) groups is 8. The Morgan fingerprint density at radius 3 is 1.12 bits per heavy atom. The van der Waals surface area contributed by atoms with Crippen molar-refractivity contribution in [2.75, 3.05) is 40.6 Å². The highest BCUT2D eigenvalue weighted by molar-refractivity contribution is 5.96. The van der Waals surface area contributed by atoms with E-state index in [0.29, 0.717) is 50.4 Å². The normalized spacial score (nSPS) is 13.5. The van der Waals surface area contributed by atoms with Crippen LogP contribution in [0.3, 0.4) is 0 Å². The van der Waals surface area contributed by atoms with Gasteiger partial charge in [-0.05, 0) is 136 Å². The fraction of sp³-hybridized carbons (Fsp3) is 0.345. The summed E-state index contributed by atoms with van der Waals surface area (Å²) in [5, 5.41) is 0. The molecule has 18 nitrogen and oxygen atoms in total. The van der Waals surface area contributed by atoms with Gasteiger partial charge in [0.1, 0.15) is 45.6 Å². The summed E-state index contributed by atoms with van der Waals surface area (Å²) < 4.78 is 53.2. The van der Waals surface area contributed by atoms with E-state index in [0.717, 1.165) is 26.4 Å². The molecule has 0 saturated heterocycles. The molecule has 1 aliphatic rings. The molecule has 0 atom stereocenters. The molecule has 73 heavy (non-hydrogen) atoms. The molecule has 0 unspecified atom stereocenters. The molecule has 0 radical (unpaired) electrons. The maximum Gasteiger partial charge on any atom is 0.343 e. The summed E-state index contributed by atoms with van der Waals surface area (Å²) in [6.07, 6.45) is 6.83. The molecule has 0 aliphatic heterocycles.